The van der Waals surface area contributed by atoms with E-state index >= 15 is 0 Å². The summed E-state index contributed by atoms with van der Waals surface area (Å²) in [4.78, 5) is 0. The van der Waals surface area contributed by atoms with Crippen molar-refractivity contribution in [2.24, 2.45) is 11.8 Å². The Hall–Kier alpha value is -1.14. The molecule has 0 aromatic heterocycles. The fourth-order valence-electron chi connectivity index (χ4n) is 0.513. The maximum absolute atomic E-state index is 3.03. The summed E-state index contributed by atoms with van der Waals surface area (Å²) < 4.78 is 0. The molecule has 0 fully saturated rings. The molecule has 12 heavy (non-hydrogen) atoms. The molecular formula is C12H16. The van der Waals surface area contributed by atoms with E-state index in [0.717, 1.165) is 0 Å². The van der Waals surface area contributed by atoms with Crippen molar-refractivity contribution in [3.05, 3.63) is 12.2 Å². The van der Waals surface area contributed by atoms with Crippen LogP contribution in [0.5, 0.6) is 0 Å². The molecule has 0 amide bonds. The Labute approximate surface area is 76.1 Å². The molecule has 0 saturated heterocycles. The van der Waals surface area contributed by atoms with Gasteiger partial charge in [-0.25, -0.2) is 0 Å². The lowest BCUT2D eigenvalue weighted by Gasteiger charge is -1.84. The fourth-order valence-corrected chi connectivity index (χ4v) is 0.513. The van der Waals surface area contributed by atoms with E-state index in [1.807, 2.05) is 0 Å². The normalized spacial score (nSPS) is 9.50. The van der Waals surface area contributed by atoms with Crippen molar-refractivity contribution in [3.8, 4) is 23.7 Å². The van der Waals surface area contributed by atoms with Crippen molar-refractivity contribution in [3.63, 3.8) is 0 Å². The molecule has 0 aromatic carbocycles. The zero-order valence-electron chi connectivity index (χ0n) is 8.31. The summed E-state index contributed by atoms with van der Waals surface area (Å²) in [6, 6.07) is 0. The third-order valence-electron chi connectivity index (χ3n) is 0.994. The summed E-state index contributed by atoms with van der Waals surface area (Å²) in [6.07, 6.45) is 3.60. The molecule has 0 bridgehead atoms. The Morgan fingerprint density at radius 1 is 0.750 bits per heavy atom. The molecule has 0 radical (unpaired) electrons. The SMILES string of the molecule is CC(C)C#C/C=C\C#CC(C)C. The Morgan fingerprint density at radius 3 is 1.33 bits per heavy atom. The van der Waals surface area contributed by atoms with Gasteiger partial charge in [-0.05, 0) is 12.2 Å². The van der Waals surface area contributed by atoms with Crippen molar-refractivity contribution in [1.82, 2.24) is 0 Å². The van der Waals surface area contributed by atoms with Gasteiger partial charge in [0, 0.05) is 11.8 Å². The van der Waals surface area contributed by atoms with Gasteiger partial charge in [-0.15, -0.1) is 0 Å². The molecule has 0 aromatic rings. The quantitative estimate of drug-likeness (QED) is 0.478. The van der Waals surface area contributed by atoms with Crippen LogP contribution in [0.4, 0.5) is 0 Å². The van der Waals surface area contributed by atoms with Crippen molar-refractivity contribution in [2.75, 3.05) is 0 Å². The summed E-state index contributed by atoms with van der Waals surface area (Å²) in [5, 5.41) is 0. The minimum Gasteiger partial charge on any atom is -0.0957 e. The first-order chi connectivity index (χ1) is 5.63. The van der Waals surface area contributed by atoms with E-state index in [9.17, 15) is 0 Å². The van der Waals surface area contributed by atoms with Crippen LogP contribution in [0, 0.1) is 35.5 Å². The zero-order valence-corrected chi connectivity index (χ0v) is 8.31. The monoisotopic (exact) mass is 160 g/mol. The maximum atomic E-state index is 3.03. The standard InChI is InChI=1S/C12H16/c1-11(2)9-7-5-6-8-10-12(3)4/h5-6,11-12H,1-4H3/b6-5-. The summed E-state index contributed by atoms with van der Waals surface area (Å²) in [6.45, 7) is 8.28. The molecule has 0 N–H and O–H groups in total. The van der Waals surface area contributed by atoms with Crippen LogP contribution >= 0.6 is 0 Å². The van der Waals surface area contributed by atoms with Gasteiger partial charge in [0.1, 0.15) is 0 Å². The van der Waals surface area contributed by atoms with E-state index < -0.39 is 0 Å². The second-order valence-corrected chi connectivity index (χ2v) is 3.22. The number of hydrogen-bond acceptors (Lipinski definition) is 0. The van der Waals surface area contributed by atoms with Crippen molar-refractivity contribution in [2.45, 2.75) is 27.7 Å². The van der Waals surface area contributed by atoms with E-state index in [1.165, 1.54) is 0 Å². The van der Waals surface area contributed by atoms with E-state index in [-0.39, 0.29) is 0 Å². The molecule has 0 aliphatic carbocycles. The van der Waals surface area contributed by atoms with Crippen molar-refractivity contribution < 1.29 is 0 Å². The molecule has 64 valence electrons. The lowest BCUT2D eigenvalue weighted by atomic mass is 10.2. The van der Waals surface area contributed by atoms with Crippen LogP contribution in [0.3, 0.4) is 0 Å². The lowest BCUT2D eigenvalue weighted by molar-refractivity contribution is 0.866. The number of allylic oxidation sites excluding steroid dienone is 2. The Morgan fingerprint density at radius 2 is 1.08 bits per heavy atom. The third-order valence-corrected chi connectivity index (χ3v) is 0.994. The van der Waals surface area contributed by atoms with Crippen molar-refractivity contribution in [1.29, 1.82) is 0 Å². The molecule has 0 aliphatic heterocycles. The Balaban J connectivity index is 3.83. The molecule has 0 atom stereocenters. The average Bonchev–Trinajstić information content (AvgIpc) is 1.95. The van der Waals surface area contributed by atoms with Gasteiger partial charge < -0.3 is 0 Å². The van der Waals surface area contributed by atoms with Gasteiger partial charge in [0.25, 0.3) is 0 Å². The van der Waals surface area contributed by atoms with E-state index in [1.54, 1.807) is 12.2 Å². The first-order valence-electron chi connectivity index (χ1n) is 4.30. The van der Waals surface area contributed by atoms with Crippen molar-refractivity contribution >= 4 is 0 Å². The van der Waals surface area contributed by atoms with E-state index in [0.29, 0.717) is 11.8 Å². The van der Waals surface area contributed by atoms with Crippen LogP contribution in [0.2, 0.25) is 0 Å². The summed E-state index contributed by atoms with van der Waals surface area (Å²) in [7, 11) is 0. The van der Waals surface area contributed by atoms with Crippen LogP contribution in [-0.4, -0.2) is 0 Å². The maximum Gasteiger partial charge on any atom is 0.0149 e. The predicted octanol–water partition coefficient (Wildman–Crippen LogP) is 2.86. The van der Waals surface area contributed by atoms with Crippen LogP contribution in [0.15, 0.2) is 12.2 Å². The second kappa shape index (κ2) is 6.56. The van der Waals surface area contributed by atoms with Gasteiger partial charge in [-0.1, -0.05) is 51.4 Å². The first kappa shape index (κ1) is 10.9. The highest BCUT2D eigenvalue weighted by Crippen LogP contribution is 1.86. The van der Waals surface area contributed by atoms with Gasteiger partial charge in [-0.3, -0.25) is 0 Å². The van der Waals surface area contributed by atoms with E-state index in [2.05, 4.69) is 51.4 Å². The number of hydrogen-bond donors (Lipinski definition) is 0. The molecule has 0 rings (SSSR count). The molecule has 0 heteroatoms. The van der Waals surface area contributed by atoms with Crippen LogP contribution in [0.1, 0.15) is 27.7 Å². The first-order valence-corrected chi connectivity index (χ1v) is 4.30. The smallest absolute Gasteiger partial charge is 0.0149 e. The molecule has 0 aliphatic rings. The molecule has 0 nitrogen and oxygen atoms in total. The number of rotatable bonds is 0. The highest BCUT2D eigenvalue weighted by Gasteiger charge is 1.78. The minimum absolute atomic E-state index is 0.438. The lowest BCUT2D eigenvalue weighted by Crippen LogP contribution is -1.76. The van der Waals surface area contributed by atoms with Gasteiger partial charge in [0.15, 0.2) is 0 Å². The van der Waals surface area contributed by atoms with Gasteiger partial charge in [0.05, 0.1) is 0 Å². The molecule has 0 heterocycles. The second-order valence-electron chi connectivity index (χ2n) is 3.22. The summed E-state index contributed by atoms with van der Waals surface area (Å²) >= 11 is 0. The Bertz CT molecular complexity index is 217. The van der Waals surface area contributed by atoms with Crippen LogP contribution in [-0.2, 0) is 0 Å². The molecular weight excluding hydrogens is 144 g/mol. The third kappa shape index (κ3) is 8.86. The Kier molecular flexibility index (Phi) is 5.94. The topological polar surface area (TPSA) is 0 Å². The molecule has 0 spiro atoms. The zero-order chi connectivity index (χ0) is 9.40. The van der Waals surface area contributed by atoms with Gasteiger partial charge in [0.2, 0.25) is 0 Å². The van der Waals surface area contributed by atoms with Crippen LogP contribution < -0.4 is 0 Å². The highest BCUT2D eigenvalue weighted by atomic mass is 13.8. The minimum atomic E-state index is 0.438. The molecule has 0 saturated carbocycles. The molecule has 0 unspecified atom stereocenters. The fraction of sp³-hybridized carbons (Fsp3) is 0.500. The average molecular weight is 160 g/mol. The van der Waals surface area contributed by atoms with E-state index in [4.69, 9.17) is 0 Å². The highest BCUT2D eigenvalue weighted by molar-refractivity contribution is 5.25. The van der Waals surface area contributed by atoms with Crippen LogP contribution in [0.25, 0.3) is 0 Å². The largest absolute Gasteiger partial charge is 0.0957 e. The predicted molar refractivity (Wildman–Crippen MR) is 54.4 cm³/mol. The summed E-state index contributed by atoms with van der Waals surface area (Å²) in [5.74, 6) is 12.8. The van der Waals surface area contributed by atoms with Gasteiger partial charge in [-0.2, -0.15) is 0 Å². The van der Waals surface area contributed by atoms with Gasteiger partial charge >= 0.3 is 0 Å². The summed E-state index contributed by atoms with van der Waals surface area (Å²) in [5.41, 5.74) is 0.